The van der Waals surface area contributed by atoms with E-state index >= 15 is 0 Å². The number of piperidine rings is 2. The molecular weight excluding hydrogens is 464 g/mol. The van der Waals surface area contributed by atoms with Gasteiger partial charge in [-0.15, -0.1) is 0 Å². The molecule has 0 unspecified atom stereocenters. The monoisotopic (exact) mass is 502 g/mol. The van der Waals surface area contributed by atoms with Crippen LogP contribution in [0, 0.1) is 17.8 Å². The van der Waals surface area contributed by atoms with Gasteiger partial charge in [0.1, 0.15) is 12.7 Å². The highest BCUT2D eigenvalue weighted by molar-refractivity contribution is 5.81. The Balaban J connectivity index is 1.31. The van der Waals surface area contributed by atoms with Crippen LogP contribution in [0.5, 0.6) is 0 Å². The molecule has 4 heterocycles. The normalized spacial score (nSPS) is 35.0. The van der Waals surface area contributed by atoms with Crippen LogP contribution in [0.3, 0.4) is 0 Å². The molecule has 4 fully saturated rings. The molecule has 0 bridgehead atoms. The van der Waals surface area contributed by atoms with Crippen molar-refractivity contribution in [1.82, 2.24) is 9.80 Å². The van der Waals surface area contributed by atoms with Gasteiger partial charge in [-0.1, -0.05) is 37.3 Å². The molecule has 0 spiro atoms. The van der Waals surface area contributed by atoms with Gasteiger partial charge in [0, 0.05) is 38.0 Å². The lowest BCUT2D eigenvalue weighted by Crippen LogP contribution is -2.63. The second kappa shape index (κ2) is 9.59. The lowest BCUT2D eigenvalue weighted by molar-refractivity contribution is -0.308. The molecule has 9 heteroatoms. The number of benzene rings is 1. The summed E-state index contributed by atoms with van der Waals surface area (Å²) in [5, 5.41) is 0. The molecule has 4 saturated heterocycles. The summed E-state index contributed by atoms with van der Waals surface area (Å²) in [6.07, 6.45) is -0.983. The largest absolute Gasteiger partial charge is 0.445 e. The van der Waals surface area contributed by atoms with Gasteiger partial charge in [-0.05, 0) is 33.3 Å². The topological polar surface area (TPSA) is 86.8 Å². The molecule has 198 valence electrons. The summed E-state index contributed by atoms with van der Waals surface area (Å²) in [4.78, 5) is 30.5. The van der Waals surface area contributed by atoms with Gasteiger partial charge in [-0.2, -0.15) is 0 Å². The zero-order valence-corrected chi connectivity index (χ0v) is 21.8. The molecule has 0 aliphatic carbocycles. The summed E-state index contributed by atoms with van der Waals surface area (Å²) in [6, 6.07) is 9.57. The number of fused-ring (bicyclic) bond motifs is 2. The maximum absolute atomic E-state index is 14.0. The van der Waals surface area contributed by atoms with Crippen LogP contribution in [-0.2, 0) is 35.1 Å². The number of nitrogens with zero attached hydrogens (tertiary/aromatic N) is 2. The minimum Gasteiger partial charge on any atom is -0.445 e. The summed E-state index contributed by atoms with van der Waals surface area (Å²) < 4.78 is 30.0. The van der Waals surface area contributed by atoms with Crippen molar-refractivity contribution in [3.8, 4) is 0 Å². The Morgan fingerprint density at radius 3 is 2.39 bits per heavy atom. The molecule has 5 rings (SSSR count). The van der Waals surface area contributed by atoms with Crippen molar-refractivity contribution in [3.63, 3.8) is 0 Å². The third-order valence-electron chi connectivity index (χ3n) is 7.58. The first-order valence-electron chi connectivity index (χ1n) is 12.9. The van der Waals surface area contributed by atoms with E-state index in [1.54, 1.807) is 4.90 Å². The van der Waals surface area contributed by atoms with Crippen LogP contribution in [0.1, 0.15) is 40.2 Å². The summed E-state index contributed by atoms with van der Waals surface area (Å²) in [5.41, 5.74) is 0.915. The molecule has 2 amide bonds. The van der Waals surface area contributed by atoms with E-state index in [0.29, 0.717) is 26.2 Å². The molecular formula is C27H38N2O7. The average Bonchev–Trinajstić information content (AvgIpc) is 3.16. The molecule has 0 aromatic heterocycles. The number of hydrogen-bond acceptors (Lipinski definition) is 7. The van der Waals surface area contributed by atoms with Crippen LogP contribution in [-0.4, -0.2) is 84.5 Å². The zero-order chi connectivity index (χ0) is 25.7. The van der Waals surface area contributed by atoms with Gasteiger partial charge in [-0.3, -0.25) is 4.79 Å². The summed E-state index contributed by atoms with van der Waals surface area (Å²) in [6.45, 7) is 11.9. The van der Waals surface area contributed by atoms with Crippen LogP contribution >= 0.6 is 0 Å². The predicted octanol–water partition coefficient (Wildman–Crippen LogP) is 3.02. The highest BCUT2D eigenvalue weighted by Gasteiger charge is 2.53. The first-order chi connectivity index (χ1) is 17.0. The first-order valence-corrected chi connectivity index (χ1v) is 12.9. The summed E-state index contributed by atoms with van der Waals surface area (Å²) >= 11 is 0. The fourth-order valence-electron chi connectivity index (χ4n) is 5.95. The van der Waals surface area contributed by atoms with Crippen LogP contribution in [0.15, 0.2) is 30.3 Å². The fraction of sp³-hybridized carbons (Fsp3) is 0.704. The van der Waals surface area contributed by atoms with Crippen molar-refractivity contribution >= 4 is 12.0 Å². The van der Waals surface area contributed by atoms with Crippen molar-refractivity contribution < 1.29 is 33.3 Å². The minimum atomic E-state index is -0.789. The van der Waals surface area contributed by atoms with Crippen molar-refractivity contribution in [2.24, 2.45) is 17.8 Å². The Hall–Kier alpha value is -2.20. The lowest BCUT2D eigenvalue weighted by atomic mass is 9.83. The van der Waals surface area contributed by atoms with E-state index in [0.717, 1.165) is 5.56 Å². The van der Waals surface area contributed by atoms with Crippen LogP contribution in [0.4, 0.5) is 4.79 Å². The maximum atomic E-state index is 14.0. The van der Waals surface area contributed by atoms with E-state index in [1.165, 1.54) is 0 Å². The molecule has 1 aromatic rings. The number of likely N-dealkylation sites (tertiary alicyclic amines) is 2. The molecule has 0 saturated carbocycles. The minimum absolute atomic E-state index is 0.0261. The van der Waals surface area contributed by atoms with Gasteiger partial charge in [-0.25, -0.2) is 4.79 Å². The fourth-order valence-corrected chi connectivity index (χ4v) is 5.95. The molecule has 9 nitrogen and oxygen atoms in total. The zero-order valence-electron chi connectivity index (χ0n) is 21.8. The standard InChI is InChI=1S/C27H38N2O7/c1-17-11-28(14-21-22(17)35-27(4,5)34-21)24(30)20-13-29(12-19-16-33-26(2,3)36-23(19)20)25(31)32-15-18-9-7-6-8-10-18/h6-10,17,19-23H,11-16H2,1-5H3/t17-,19-,20-,21+,22-,23+/m1/s1. The van der Waals surface area contributed by atoms with Gasteiger partial charge >= 0.3 is 6.09 Å². The molecule has 36 heavy (non-hydrogen) atoms. The van der Waals surface area contributed by atoms with E-state index < -0.39 is 23.6 Å². The Morgan fingerprint density at radius 2 is 1.64 bits per heavy atom. The van der Waals surface area contributed by atoms with E-state index in [1.807, 2.05) is 62.9 Å². The first kappa shape index (κ1) is 25.4. The number of carbonyl (C=O) groups excluding carboxylic acids is 2. The van der Waals surface area contributed by atoms with Crippen molar-refractivity contribution in [2.45, 2.75) is 71.1 Å². The van der Waals surface area contributed by atoms with Crippen molar-refractivity contribution in [3.05, 3.63) is 35.9 Å². The number of hydrogen-bond donors (Lipinski definition) is 0. The van der Waals surface area contributed by atoms with Crippen molar-refractivity contribution in [1.29, 1.82) is 0 Å². The average molecular weight is 503 g/mol. The second-order valence-corrected chi connectivity index (χ2v) is 11.5. The molecule has 0 N–H and O–H groups in total. The molecule has 6 atom stereocenters. The quantitative estimate of drug-likeness (QED) is 0.628. The van der Waals surface area contributed by atoms with Gasteiger partial charge in [0.05, 0.1) is 24.7 Å². The molecule has 0 radical (unpaired) electrons. The van der Waals surface area contributed by atoms with E-state index in [9.17, 15) is 9.59 Å². The Bertz CT molecular complexity index is 968. The van der Waals surface area contributed by atoms with Crippen molar-refractivity contribution in [2.75, 3.05) is 32.8 Å². The highest BCUT2D eigenvalue weighted by atomic mass is 16.8. The third-order valence-corrected chi connectivity index (χ3v) is 7.58. The number of carbonyl (C=O) groups is 2. The van der Waals surface area contributed by atoms with Gasteiger partial charge in [0.25, 0.3) is 0 Å². The number of amides is 2. The Morgan fingerprint density at radius 1 is 0.917 bits per heavy atom. The van der Waals surface area contributed by atoms with E-state index in [4.69, 9.17) is 23.7 Å². The van der Waals surface area contributed by atoms with Gasteiger partial charge in [0.2, 0.25) is 5.91 Å². The van der Waals surface area contributed by atoms with Crippen LogP contribution in [0.2, 0.25) is 0 Å². The Kier molecular flexibility index (Phi) is 6.78. The maximum Gasteiger partial charge on any atom is 0.410 e. The Labute approximate surface area is 212 Å². The summed E-state index contributed by atoms with van der Waals surface area (Å²) in [5.74, 6) is -1.98. The third kappa shape index (κ3) is 5.25. The second-order valence-electron chi connectivity index (χ2n) is 11.5. The van der Waals surface area contributed by atoms with Crippen LogP contribution < -0.4 is 0 Å². The van der Waals surface area contributed by atoms with E-state index in [-0.39, 0.29) is 49.2 Å². The predicted molar refractivity (Wildman–Crippen MR) is 130 cm³/mol. The lowest BCUT2D eigenvalue weighted by Gasteiger charge is -2.50. The molecule has 1 aromatic carbocycles. The molecule has 4 aliphatic heterocycles. The smallest absolute Gasteiger partial charge is 0.410 e. The molecule has 4 aliphatic rings. The highest BCUT2D eigenvalue weighted by Crippen LogP contribution is 2.39. The SMILES string of the molecule is C[C@@H]1CN(C(=O)[C@@H]2CN(C(=O)OCc3ccccc3)C[C@@H]3COC(C)(C)O[C@@H]32)C[C@@H]2OC(C)(C)O[C@H]12. The van der Waals surface area contributed by atoms with E-state index in [2.05, 4.69) is 6.92 Å². The van der Waals surface area contributed by atoms with Gasteiger partial charge in [0.15, 0.2) is 11.6 Å². The van der Waals surface area contributed by atoms with Gasteiger partial charge < -0.3 is 33.5 Å². The summed E-state index contributed by atoms with van der Waals surface area (Å²) in [7, 11) is 0. The van der Waals surface area contributed by atoms with Crippen LogP contribution in [0.25, 0.3) is 0 Å². The number of ether oxygens (including phenoxy) is 5. The number of rotatable bonds is 3.